The molecule has 0 saturated carbocycles. The molecule has 2 aromatic carbocycles. The monoisotopic (exact) mass is 606 g/mol. The van der Waals surface area contributed by atoms with Crippen molar-refractivity contribution in [2.75, 3.05) is 17.6 Å². The van der Waals surface area contributed by atoms with E-state index in [1.807, 2.05) is 24.3 Å². The van der Waals surface area contributed by atoms with E-state index in [1.54, 1.807) is 36.0 Å². The number of ether oxygens (including phenoxy) is 2. The van der Waals surface area contributed by atoms with Gasteiger partial charge >= 0.3 is 12.1 Å². The number of aliphatic hydroxyl groups excluding tert-OH is 1. The molecule has 11 nitrogen and oxygen atoms in total. The number of amides is 2. The molecule has 15 heteroatoms. The summed E-state index contributed by atoms with van der Waals surface area (Å²) in [6.07, 6.45) is -5.52. The number of carbonyl (C=O) groups is 2. The van der Waals surface area contributed by atoms with Crippen LogP contribution >= 0.6 is 11.8 Å². The lowest BCUT2D eigenvalue weighted by Crippen LogP contribution is -2.48. The third-order valence-corrected chi connectivity index (χ3v) is 8.22. The van der Waals surface area contributed by atoms with E-state index in [9.17, 15) is 27.9 Å². The highest BCUT2D eigenvalue weighted by Crippen LogP contribution is 2.40. The summed E-state index contributed by atoms with van der Waals surface area (Å²) in [6.45, 7) is -0.214. The first-order chi connectivity index (χ1) is 20.1. The van der Waals surface area contributed by atoms with Gasteiger partial charge in [0.05, 0.1) is 18.8 Å². The van der Waals surface area contributed by atoms with E-state index >= 15 is 0 Å². The zero-order valence-corrected chi connectivity index (χ0v) is 23.3. The first-order valence-corrected chi connectivity index (χ1v) is 14.3. The topological polar surface area (TPSA) is 132 Å². The second kappa shape index (κ2) is 12.8. The standard InChI is InChI=1S/C27H29F3N6O5S/c1-35-26(32-33-34-35)42-15-20-13-22(17-9-7-16(14-37)8-10-17)41-24(40-20)18-4-2-5-19(12-18)31-23(38)21-6-3-11-36(21)25(39)27(28,29)30/h2,4-5,7-10,12,20-22,24,37H,3,6,11,13-15H2,1H3,(H,31,38)/t20-,21-,22+,24+/m0/s1. The third-order valence-electron chi connectivity index (χ3n) is 7.08. The minimum atomic E-state index is -5.05. The van der Waals surface area contributed by atoms with Gasteiger partial charge in [0.15, 0.2) is 6.29 Å². The van der Waals surface area contributed by atoms with Gasteiger partial charge in [-0.2, -0.15) is 13.2 Å². The van der Waals surface area contributed by atoms with Crippen molar-refractivity contribution in [3.05, 3.63) is 65.2 Å². The average molecular weight is 607 g/mol. The Morgan fingerprint density at radius 2 is 1.93 bits per heavy atom. The van der Waals surface area contributed by atoms with Gasteiger partial charge in [0.2, 0.25) is 11.1 Å². The second-order valence-corrected chi connectivity index (χ2v) is 11.0. The molecule has 42 heavy (non-hydrogen) atoms. The SMILES string of the molecule is Cn1nnnc1SC[C@@H]1C[C@H](c2ccc(CO)cc2)O[C@H](c2cccc(NC(=O)[C@@H]3CCCN3C(=O)C(F)(F)F)c2)O1. The van der Waals surface area contributed by atoms with Crippen LogP contribution in [0.4, 0.5) is 18.9 Å². The number of aliphatic hydroxyl groups is 1. The fourth-order valence-corrected chi connectivity index (χ4v) is 5.83. The lowest BCUT2D eigenvalue weighted by molar-refractivity contribution is -0.245. The van der Waals surface area contributed by atoms with Crippen LogP contribution in [0.3, 0.4) is 0 Å². The number of aryl methyl sites for hydroxylation is 1. The van der Waals surface area contributed by atoms with Crippen molar-refractivity contribution in [3.63, 3.8) is 0 Å². The molecule has 0 spiro atoms. The number of likely N-dealkylation sites (tertiary alicyclic amines) is 1. The maximum atomic E-state index is 13.0. The number of alkyl halides is 3. The Labute approximate surface area is 243 Å². The molecule has 3 aromatic rings. The molecular weight excluding hydrogens is 577 g/mol. The van der Waals surface area contributed by atoms with Crippen LogP contribution in [0.15, 0.2) is 53.7 Å². The Morgan fingerprint density at radius 1 is 1.14 bits per heavy atom. The molecule has 0 aliphatic carbocycles. The van der Waals surface area contributed by atoms with Gasteiger partial charge < -0.3 is 24.8 Å². The zero-order valence-electron chi connectivity index (χ0n) is 22.5. The van der Waals surface area contributed by atoms with Crippen molar-refractivity contribution in [1.82, 2.24) is 25.1 Å². The Hall–Kier alpha value is -3.53. The largest absolute Gasteiger partial charge is 0.471 e. The summed E-state index contributed by atoms with van der Waals surface area (Å²) in [4.78, 5) is 25.3. The smallest absolute Gasteiger partial charge is 0.392 e. The van der Waals surface area contributed by atoms with Crippen molar-refractivity contribution in [1.29, 1.82) is 0 Å². The molecular formula is C27H29F3N6O5S. The number of hydrogen-bond donors (Lipinski definition) is 2. The number of aromatic nitrogens is 4. The summed E-state index contributed by atoms with van der Waals surface area (Å²) in [5, 5.41) is 24.2. The molecule has 2 saturated heterocycles. The minimum absolute atomic E-state index is 0.0793. The molecule has 0 unspecified atom stereocenters. The Bertz CT molecular complexity index is 1410. The maximum absolute atomic E-state index is 13.0. The van der Waals surface area contributed by atoms with E-state index in [0.717, 1.165) is 11.1 Å². The van der Waals surface area contributed by atoms with Crippen LogP contribution in [0.25, 0.3) is 0 Å². The Morgan fingerprint density at radius 3 is 2.62 bits per heavy atom. The number of hydrogen-bond acceptors (Lipinski definition) is 9. The van der Waals surface area contributed by atoms with E-state index in [2.05, 4.69) is 20.8 Å². The number of thioether (sulfide) groups is 1. The first-order valence-electron chi connectivity index (χ1n) is 13.3. The van der Waals surface area contributed by atoms with Crippen molar-refractivity contribution in [2.45, 2.75) is 61.7 Å². The van der Waals surface area contributed by atoms with E-state index in [-0.39, 0.29) is 31.8 Å². The molecule has 0 bridgehead atoms. The van der Waals surface area contributed by atoms with Gasteiger partial charge in [-0.15, -0.1) is 5.10 Å². The van der Waals surface area contributed by atoms with Gasteiger partial charge in [0.25, 0.3) is 0 Å². The summed E-state index contributed by atoms with van der Waals surface area (Å²) in [5.41, 5.74) is 2.59. The number of rotatable bonds is 8. The van der Waals surface area contributed by atoms with Gasteiger partial charge in [0.1, 0.15) is 6.04 Å². The number of nitrogens with one attached hydrogen (secondary N) is 1. The molecule has 2 aliphatic rings. The Kier molecular flexibility index (Phi) is 9.11. The van der Waals surface area contributed by atoms with Crippen molar-refractivity contribution >= 4 is 29.3 Å². The Balaban J connectivity index is 1.32. The molecule has 4 atom stereocenters. The van der Waals surface area contributed by atoms with Crippen molar-refractivity contribution in [2.24, 2.45) is 7.05 Å². The van der Waals surface area contributed by atoms with Gasteiger partial charge in [-0.05, 0) is 46.5 Å². The molecule has 2 amide bonds. The normalized spacial score (nSPS) is 22.7. The average Bonchev–Trinajstić information content (AvgIpc) is 3.64. The molecule has 1 aromatic heterocycles. The van der Waals surface area contributed by atoms with Gasteiger partial charge in [0, 0.05) is 37.0 Å². The van der Waals surface area contributed by atoms with Crippen LogP contribution in [-0.2, 0) is 32.7 Å². The molecule has 2 N–H and O–H groups in total. The number of nitrogens with zero attached hydrogens (tertiary/aromatic N) is 5. The molecule has 0 radical (unpaired) electrons. The number of halogens is 3. The van der Waals surface area contributed by atoms with Gasteiger partial charge in [-0.25, -0.2) is 4.68 Å². The highest BCUT2D eigenvalue weighted by Gasteiger charge is 2.47. The van der Waals surface area contributed by atoms with Crippen LogP contribution in [-0.4, -0.2) is 72.6 Å². The van der Waals surface area contributed by atoms with Crippen LogP contribution in [0.1, 0.15) is 48.3 Å². The predicted octanol–water partition coefficient (Wildman–Crippen LogP) is 3.53. The fourth-order valence-electron chi connectivity index (χ4n) is 4.97. The van der Waals surface area contributed by atoms with Crippen LogP contribution in [0.2, 0.25) is 0 Å². The number of benzene rings is 2. The summed E-state index contributed by atoms with van der Waals surface area (Å²) >= 11 is 1.43. The maximum Gasteiger partial charge on any atom is 0.471 e. The first kappa shape index (κ1) is 29.9. The van der Waals surface area contributed by atoms with E-state index in [1.165, 1.54) is 11.8 Å². The van der Waals surface area contributed by atoms with E-state index in [4.69, 9.17) is 9.47 Å². The minimum Gasteiger partial charge on any atom is -0.392 e. The van der Waals surface area contributed by atoms with Gasteiger partial charge in [-0.3, -0.25) is 9.59 Å². The zero-order chi connectivity index (χ0) is 29.9. The quantitative estimate of drug-likeness (QED) is 0.370. The van der Waals surface area contributed by atoms with Crippen molar-refractivity contribution in [3.8, 4) is 0 Å². The molecule has 5 rings (SSSR count). The highest BCUT2D eigenvalue weighted by atomic mass is 32.2. The summed E-state index contributed by atoms with van der Waals surface area (Å²) in [7, 11) is 1.74. The summed E-state index contributed by atoms with van der Waals surface area (Å²) in [5.74, 6) is -2.18. The summed E-state index contributed by atoms with van der Waals surface area (Å²) in [6, 6.07) is 12.9. The third kappa shape index (κ3) is 6.91. The van der Waals surface area contributed by atoms with Crippen LogP contribution in [0, 0.1) is 0 Å². The predicted molar refractivity (Wildman–Crippen MR) is 144 cm³/mol. The summed E-state index contributed by atoms with van der Waals surface area (Å²) < 4.78 is 53.3. The molecule has 2 aliphatic heterocycles. The molecule has 224 valence electrons. The molecule has 2 fully saturated rings. The molecule has 3 heterocycles. The van der Waals surface area contributed by atoms with Crippen LogP contribution in [0.5, 0.6) is 0 Å². The van der Waals surface area contributed by atoms with E-state index < -0.39 is 30.3 Å². The van der Waals surface area contributed by atoms with Crippen molar-refractivity contribution < 1.29 is 37.3 Å². The highest BCUT2D eigenvalue weighted by molar-refractivity contribution is 7.99. The number of anilines is 1. The second-order valence-electron chi connectivity index (χ2n) is 10.0. The number of carbonyl (C=O) groups excluding carboxylic acids is 2. The lowest BCUT2D eigenvalue weighted by Gasteiger charge is -2.36. The fraction of sp³-hybridized carbons (Fsp3) is 0.444. The number of tetrazole rings is 1. The lowest BCUT2D eigenvalue weighted by atomic mass is 10.0. The van der Waals surface area contributed by atoms with Crippen LogP contribution < -0.4 is 5.32 Å². The van der Waals surface area contributed by atoms with Gasteiger partial charge in [-0.1, -0.05) is 48.2 Å². The van der Waals surface area contributed by atoms with E-state index in [0.29, 0.717) is 39.9 Å².